The quantitative estimate of drug-likeness (QED) is 0.640. The van der Waals surface area contributed by atoms with Gasteiger partial charge in [-0.1, -0.05) is 0 Å². The third-order valence-corrected chi connectivity index (χ3v) is 1.28. The van der Waals surface area contributed by atoms with Gasteiger partial charge in [0.1, 0.15) is 0 Å². The number of rotatable bonds is 1. The van der Waals surface area contributed by atoms with Crippen LogP contribution in [0, 0.1) is 6.92 Å². The fourth-order valence-electron chi connectivity index (χ4n) is 0.710. The van der Waals surface area contributed by atoms with E-state index >= 15 is 0 Å². The van der Waals surface area contributed by atoms with Crippen LogP contribution in [0.15, 0.2) is 18.5 Å². The van der Waals surface area contributed by atoms with Gasteiger partial charge in [-0.2, -0.15) is 0 Å². The van der Waals surface area contributed by atoms with Crippen molar-refractivity contribution in [3.63, 3.8) is 0 Å². The average Bonchev–Trinajstić information content (AvgIpc) is 1.93. The van der Waals surface area contributed by atoms with Crippen LogP contribution in [0.1, 0.15) is 5.56 Å². The molecule has 0 aliphatic carbocycles. The molecule has 0 spiro atoms. The first-order valence-electron chi connectivity index (χ1n) is 3.10. The van der Waals surface area contributed by atoms with Crippen LogP contribution in [0.2, 0.25) is 0 Å². The maximum atomic E-state index is 10.2. The summed E-state index contributed by atoms with van der Waals surface area (Å²) in [5.41, 5.74) is 1.39. The third kappa shape index (κ3) is 1.93. The van der Waals surface area contributed by atoms with Crippen molar-refractivity contribution in [3.05, 3.63) is 24.0 Å². The summed E-state index contributed by atoms with van der Waals surface area (Å²) in [4.78, 5) is 14.0. The molecular formula is C7H8N2O2. The largest absolute Gasteiger partial charge is 0.465 e. The van der Waals surface area contributed by atoms with E-state index in [1.54, 1.807) is 12.3 Å². The second kappa shape index (κ2) is 3.01. The van der Waals surface area contributed by atoms with E-state index in [-0.39, 0.29) is 0 Å². The van der Waals surface area contributed by atoms with Gasteiger partial charge in [0.25, 0.3) is 0 Å². The van der Waals surface area contributed by atoms with Crippen molar-refractivity contribution in [3.8, 4) is 0 Å². The minimum absolute atomic E-state index is 0.528. The predicted octanol–water partition coefficient (Wildman–Crippen LogP) is 1.48. The van der Waals surface area contributed by atoms with E-state index in [4.69, 9.17) is 5.11 Å². The number of hydrogen-bond acceptors (Lipinski definition) is 2. The third-order valence-electron chi connectivity index (χ3n) is 1.28. The minimum atomic E-state index is -1.07. The molecule has 4 nitrogen and oxygen atoms in total. The second-order valence-electron chi connectivity index (χ2n) is 2.12. The van der Waals surface area contributed by atoms with E-state index in [0.717, 1.165) is 5.56 Å². The van der Waals surface area contributed by atoms with Gasteiger partial charge in [0, 0.05) is 6.20 Å². The Hall–Kier alpha value is -1.58. The Morgan fingerprint density at radius 1 is 1.73 bits per heavy atom. The van der Waals surface area contributed by atoms with Gasteiger partial charge < -0.3 is 5.11 Å². The van der Waals surface area contributed by atoms with Crippen LogP contribution >= 0.6 is 0 Å². The molecule has 0 unspecified atom stereocenters. The Morgan fingerprint density at radius 2 is 2.45 bits per heavy atom. The Labute approximate surface area is 63.9 Å². The highest BCUT2D eigenvalue weighted by Crippen LogP contribution is 2.10. The molecule has 0 atom stereocenters. The van der Waals surface area contributed by atoms with E-state index in [9.17, 15) is 4.79 Å². The lowest BCUT2D eigenvalue weighted by Gasteiger charge is -2.01. The molecule has 2 N–H and O–H groups in total. The van der Waals surface area contributed by atoms with E-state index in [0.29, 0.717) is 5.69 Å². The molecule has 1 aromatic rings. The number of pyridine rings is 1. The molecule has 58 valence electrons. The smallest absolute Gasteiger partial charge is 0.409 e. The number of hydrogen-bond donors (Lipinski definition) is 2. The molecule has 0 aromatic carbocycles. The van der Waals surface area contributed by atoms with Crippen molar-refractivity contribution in [2.45, 2.75) is 6.92 Å². The van der Waals surface area contributed by atoms with Crippen molar-refractivity contribution in [2.75, 3.05) is 5.32 Å². The first-order valence-corrected chi connectivity index (χ1v) is 3.10. The van der Waals surface area contributed by atoms with Crippen LogP contribution in [0.25, 0.3) is 0 Å². The number of carbonyl (C=O) groups is 1. The number of nitrogens with zero attached hydrogens (tertiary/aromatic N) is 1. The number of aryl methyl sites for hydroxylation is 1. The maximum Gasteiger partial charge on any atom is 0.409 e. The molecule has 1 aromatic heterocycles. The summed E-state index contributed by atoms with van der Waals surface area (Å²) >= 11 is 0. The van der Waals surface area contributed by atoms with Gasteiger partial charge in [0.2, 0.25) is 0 Å². The Balaban J connectivity index is 2.86. The van der Waals surface area contributed by atoms with Crippen LogP contribution in [0.3, 0.4) is 0 Å². The van der Waals surface area contributed by atoms with Crippen LogP contribution in [0.4, 0.5) is 10.5 Å². The summed E-state index contributed by atoms with van der Waals surface area (Å²) < 4.78 is 0. The summed E-state index contributed by atoms with van der Waals surface area (Å²) in [6.07, 6.45) is 2.02. The van der Waals surface area contributed by atoms with Crippen molar-refractivity contribution in [1.82, 2.24) is 4.98 Å². The van der Waals surface area contributed by atoms with Crippen molar-refractivity contribution >= 4 is 11.8 Å². The first kappa shape index (κ1) is 7.53. The Kier molecular flexibility index (Phi) is 2.06. The van der Waals surface area contributed by atoms with Crippen LogP contribution in [0.5, 0.6) is 0 Å². The molecule has 1 rings (SSSR count). The highest BCUT2D eigenvalue weighted by molar-refractivity contribution is 5.83. The van der Waals surface area contributed by atoms with Crippen molar-refractivity contribution in [1.29, 1.82) is 0 Å². The molecule has 0 bridgehead atoms. The minimum Gasteiger partial charge on any atom is -0.465 e. The Morgan fingerprint density at radius 3 is 3.00 bits per heavy atom. The molecule has 0 aliphatic heterocycles. The first-order chi connectivity index (χ1) is 5.20. The van der Waals surface area contributed by atoms with E-state index < -0.39 is 6.09 Å². The highest BCUT2D eigenvalue weighted by atomic mass is 16.4. The topological polar surface area (TPSA) is 62.2 Å². The zero-order valence-corrected chi connectivity index (χ0v) is 6.03. The number of amides is 1. The molecule has 4 heteroatoms. The van der Waals surface area contributed by atoms with Gasteiger partial charge in [0.15, 0.2) is 0 Å². The van der Waals surface area contributed by atoms with Gasteiger partial charge in [-0.25, -0.2) is 4.79 Å². The number of aromatic nitrogens is 1. The summed E-state index contributed by atoms with van der Waals surface area (Å²) in [5, 5.41) is 10.6. The normalized spacial score (nSPS) is 9.18. The molecule has 0 radical (unpaired) electrons. The fraction of sp³-hybridized carbons (Fsp3) is 0.143. The molecule has 0 aliphatic rings. The lowest BCUT2D eigenvalue weighted by molar-refractivity contribution is 0.209. The van der Waals surface area contributed by atoms with Crippen LogP contribution < -0.4 is 5.32 Å². The number of anilines is 1. The standard InChI is InChI=1S/C7H8N2O2/c1-5-2-3-8-4-6(5)9-7(10)11/h2-4,9H,1H3,(H,10,11). The van der Waals surface area contributed by atoms with Gasteiger partial charge in [0.05, 0.1) is 11.9 Å². The lowest BCUT2D eigenvalue weighted by Crippen LogP contribution is -2.08. The van der Waals surface area contributed by atoms with Gasteiger partial charge >= 0.3 is 6.09 Å². The average molecular weight is 152 g/mol. The van der Waals surface area contributed by atoms with E-state index in [2.05, 4.69) is 10.3 Å². The van der Waals surface area contributed by atoms with E-state index in [1.807, 2.05) is 6.92 Å². The highest BCUT2D eigenvalue weighted by Gasteiger charge is 1.99. The zero-order chi connectivity index (χ0) is 8.27. The summed E-state index contributed by atoms with van der Waals surface area (Å²) in [7, 11) is 0. The van der Waals surface area contributed by atoms with Crippen LogP contribution in [-0.4, -0.2) is 16.2 Å². The lowest BCUT2D eigenvalue weighted by atomic mass is 10.2. The number of carboxylic acid groups (broad SMARTS) is 1. The molecular weight excluding hydrogens is 144 g/mol. The van der Waals surface area contributed by atoms with Crippen molar-refractivity contribution < 1.29 is 9.90 Å². The van der Waals surface area contributed by atoms with Crippen LogP contribution in [-0.2, 0) is 0 Å². The SMILES string of the molecule is Cc1ccncc1NC(=O)O. The molecule has 0 saturated carbocycles. The number of nitrogens with one attached hydrogen (secondary N) is 1. The predicted molar refractivity (Wildman–Crippen MR) is 40.6 cm³/mol. The fourth-order valence-corrected chi connectivity index (χ4v) is 0.710. The monoisotopic (exact) mass is 152 g/mol. The summed E-state index contributed by atoms with van der Waals surface area (Å²) in [6, 6.07) is 1.74. The van der Waals surface area contributed by atoms with Gasteiger partial charge in [-0.3, -0.25) is 10.3 Å². The zero-order valence-electron chi connectivity index (χ0n) is 6.03. The van der Waals surface area contributed by atoms with E-state index in [1.165, 1.54) is 6.20 Å². The molecule has 0 saturated heterocycles. The van der Waals surface area contributed by atoms with Crippen molar-refractivity contribution in [2.24, 2.45) is 0 Å². The molecule has 11 heavy (non-hydrogen) atoms. The summed E-state index contributed by atoms with van der Waals surface area (Å²) in [5.74, 6) is 0. The van der Waals surface area contributed by atoms with Gasteiger partial charge in [-0.15, -0.1) is 0 Å². The van der Waals surface area contributed by atoms with Gasteiger partial charge in [-0.05, 0) is 18.6 Å². The summed E-state index contributed by atoms with van der Waals surface area (Å²) in [6.45, 7) is 1.81. The molecule has 1 heterocycles. The maximum absolute atomic E-state index is 10.2. The molecule has 1 amide bonds. The Bertz CT molecular complexity index is 273. The molecule has 0 fully saturated rings. The second-order valence-corrected chi connectivity index (χ2v) is 2.12.